The summed E-state index contributed by atoms with van der Waals surface area (Å²) in [6.45, 7) is 1.86. The Morgan fingerprint density at radius 3 is 2.90 bits per heavy atom. The van der Waals surface area contributed by atoms with Crippen LogP contribution in [-0.2, 0) is 0 Å². The van der Waals surface area contributed by atoms with E-state index >= 15 is 0 Å². The van der Waals surface area contributed by atoms with E-state index in [0.717, 1.165) is 5.56 Å². The number of carbonyl (C=O) groups is 1. The number of nitrogens with zero attached hydrogens (tertiary/aromatic N) is 4. The lowest BCUT2D eigenvalue weighted by molar-refractivity contribution is -0.0888. The van der Waals surface area contributed by atoms with Crippen LogP contribution in [0.15, 0.2) is 53.3 Å². The smallest absolute Gasteiger partial charge is 0.274 e. The third-order valence-electron chi connectivity index (χ3n) is 5.28. The average Bonchev–Trinajstić information content (AvgIpc) is 3.35. The number of anilines is 1. The SMILES string of the molecule is Cc1ccc(-c2nc(C3CC(F)(F)C3)no2)cc1NC(=O)c1cnc2ccccn12. The maximum Gasteiger partial charge on any atom is 0.274 e. The maximum absolute atomic E-state index is 13.1. The molecule has 0 atom stereocenters. The van der Waals surface area contributed by atoms with Crippen molar-refractivity contribution in [1.82, 2.24) is 19.5 Å². The molecule has 0 spiro atoms. The van der Waals surface area contributed by atoms with Gasteiger partial charge >= 0.3 is 0 Å². The zero-order valence-electron chi connectivity index (χ0n) is 16.0. The van der Waals surface area contributed by atoms with Gasteiger partial charge in [0.15, 0.2) is 5.82 Å². The molecule has 1 fully saturated rings. The number of hydrogen-bond acceptors (Lipinski definition) is 5. The van der Waals surface area contributed by atoms with Crippen molar-refractivity contribution in [3.05, 3.63) is 65.9 Å². The standard InChI is InChI=1S/C21H17F2N5O2/c1-12-5-6-13(20-26-18(27-30-20)14-9-21(22,23)10-14)8-15(12)25-19(29)16-11-24-17-4-2-3-7-28(16)17/h2-8,11,14H,9-10H2,1H3,(H,25,29). The number of alkyl halides is 2. The molecular formula is C21H17F2N5O2. The van der Waals surface area contributed by atoms with Gasteiger partial charge in [-0.3, -0.25) is 9.20 Å². The first kappa shape index (κ1) is 18.4. The summed E-state index contributed by atoms with van der Waals surface area (Å²) in [7, 11) is 0. The van der Waals surface area contributed by atoms with E-state index in [0.29, 0.717) is 22.6 Å². The molecule has 152 valence electrons. The van der Waals surface area contributed by atoms with E-state index in [4.69, 9.17) is 4.52 Å². The second kappa shape index (κ2) is 6.72. The van der Waals surface area contributed by atoms with Crippen molar-refractivity contribution >= 4 is 17.2 Å². The van der Waals surface area contributed by atoms with Crippen molar-refractivity contribution in [3.8, 4) is 11.5 Å². The highest BCUT2D eigenvalue weighted by atomic mass is 19.3. The lowest BCUT2D eigenvalue weighted by Gasteiger charge is -2.32. The Kier molecular flexibility index (Phi) is 4.12. The monoisotopic (exact) mass is 409 g/mol. The van der Waals surface area contributed by atoms with E-state index in [-0.39, 0.29) is 30.5 Å². The van der Waals surface area contributed by atoms with Gasteiger partial charge in [-0.2, -0.15) is 4.98 Å². The quantitative estimate of drug-likeness (QED) is 0.538. The van der Waals surface area contributed by atoms with E-state index in [1.807, 2.05) is 31.2 Å². The molecule has 0 bridgehead atoms. The number of aromatic nitrogens is 4. The number of halogens is 2. The van der Waals surface area contributed by atoms with Gasteiger partial charge in [-0.05, 0) is 36.8 Å². The van der Waals surface area contributed by atoms with Crippen LogP contribution in [0.4, 0.5) is 14.5 Å². The summed E-state index contributed by atoms with van der Waals surface area (Å²) in [5.74, 6) is -2.84. The van der Waals surface area contributed by atoms with E-state index in [1.165, 1.54) is 6.20 Å². The molecular weight excluding hydrogens is 392 g/mol. The summed E-state index contributed by atoms with van der Waals surface area (Å²) in [6, 6.07) is 10.8. The van der Waals surface area contributed by atoms with Crippen LogP contribution in [0.1, 0.15) is 40.6 Å². The van der Waals surface area contributed by atoms with Gasteiger partial charge in [0.05, 0.1) is 6.20 Å². The van der Waals surface area contributed by atoms with Crippen LogP contribution in [0, 0.1) is 6.92 Å². The van der Waals surface area contributed by atoms with Gasteiger partial charge in [-0.1, -0.05) is 17.3 Å². The van der Waals surface area contributed by atoms with Crippen molar-refractivity contribution in [3.63, 3.8) is 0 Å². The third-order valence-corrected chi connectivity index (χ3v) is 5.28. The van der Waals surface area contributed by atoms with Crippen molar-refractivity contribution in [1.29, 1.82) is 0 Å². The summed E-state index contributed by atoms with van der Waals surface area (Å²) in [6.07, 6.45) is 2.76. The van der Waals surface area contributed by atoms with Crippen molar-refractivity contribution < 1.29 is 18.1 Å². The fourth-order valence-electron chi connectivity index (χ4n) is 3.54. The first-order valence-corrected chi connectivity index (χ1v) is 9.45. The normalized spacial score (nSPS) is 15.8. The Labute approximate surface area is 169 Å². The average molecular weight is 409 g/mol. The molecule has 1 saturated carbocycles. The predicted octanol–water partition coefficient (Wildman–Crippen LogP) is 4.46. The molecule has 1 aliphatic rings. The predicted molar refractivity (Wildman–Crippen MR) is 105 cm³/mol. The van der Waals surface area contributed by atoms with Gasteiger partial charge in [0.1, 0.15) is 11.3 Å². The number of nitrogens with one attached hydrogen (secondary N) is 1. The molecule has 0 aliphatic heterocycles. The van der Waals surface area contributed by atoms with Crippen molar-refractivity contribution in [2.75, 3.05) is 5.32 Å². The van der Waals surface area contributed by atoms with Gasteiger partial charge in [0.25, 0.3) is 11.8 Å². The van der Waals surface area contributed by atoms with E-state index in [9.17, 15) is 13.6 Å². The second-order valence-electron chi connectivity index (χ2n) is 7.47. The molecule has 1 aromatic carbocycles. The number of benzene rings is 1. The molecule has 0 radical (unpaired) electrons. The van der Waals surface area contributed by atoms with Gasteiger partial charge in [0, 0.05) is 36.2 Å². The van der Waals surface area contributed by atoms with Crippen LogP contribution in [0.25, 0.3) is 17.1 Å². The number of hydrogen-bond donors (Lipinski definition) is 1. The molecule has 0 saturated heterocycles. The summed E-state index contributed by atoms with van der Waals surface area (Å²) >= 11 is 0. The summed E-state index contributed by atoms with van der Waals surface area (Å²) in [4.78, 5) is 21.3. The molecule has 1 amide bonds. The minimum Gasteiger partial charge on any atom is -0.334 e. The third kappa shape index (κ3) is 3.22. The zero-order valence-corrected chi connectivity index (χ0v) is 16.0. The van der Waals surface area contributed by atoms with Crippen LogP contribution in [0.5, 0.6) is 0 Å². The molecule has 3 aromatic heterocycles. The van der Waals surface area contributed by atoms with Crippen LogP contribution in [-0.4, -0.2) is 31.4 Å². The van der Waals surface area contributed by atoms with Gasteiger partial charge in [-0.15, -0.1) is 0 Å². The van der Waals surface area contributed by atoms with Gasteiger partial charge in [-0.25, -0.2) is 13.8 Å². The summed E-state index contributed by atoms with van der Waals surface area (Å²) in [5, 5.41) is 6.74. The number of aryl methyl sites for hydroxylation is 1. The largest absolute Gasteiger partial charge is 0.334 e. The molecule has 5 rings (SSSR count). The number of amides is 1. The fraction of sp³-hybridized carbons (Fsp3) is 0.238. The Bertz CT molecular complexity index is 1260. The minimum absolute atomic E-state index is 0.227. The lowest BCUT2D eigenvalue weighted by Crippen LogP contribution is -2.34. The Morgan fingerprint density at radius 1 is 1.27 bits per heavy atom. The maximum atomic E-state index is 13.1. The first-order valence-electron chi connectivity index (χ1n) is 9.45. The van der Waals surface area contributed by atoms with Gasteiger partial charge in [0.2, 0.25) is 5.92 Å². The number of imidazole rings is 1. The number of fused-ring (bicyclic) bond motifs is 1. The Hall–Kier alpha value is -3.62. The molecule has 0 unspecified atom stereocenters. The molecule has 3 heterocycles. The zero-order chi connectivity index (χ0) is 20.9. The lowest BCUT2D eigenvalue weighted by atomic mass is 9.81. The number of carbonyl (C=O) groups excluding carboxylic acids is 1. The van der Waals surface area contributed by atoms with E-state index in [2.05, 4.69) is 20.4 Å². The highest BCUT2D eigenvalue weighted by molar-refractivity contribution is 6.04. The van der Waals surface area contributed by atoms with E-state index in [1.54, 1.807) is 22.7 Å². The van der Waals surface area contributed by atoms with E-state index < -0.39 is 11.8 Å². The Balaban J connectivity index is 1.39. The first-order chi connectivity index (χ1) is 14.4. The fourth-order valence-corrected chi connectivity index (χ4v) is 3.54. The molecule has 4 aromatic rings. The highest BCUT2D eigenvalue weighted by Crippen LogP contribution is 2.47. The van der Waals surface area contributed by atoms with Crippen LogP contribution in [0.2, 0.25) is 0 Å². The van der Waals surface area contributed by atoms with Gasteiger partial charge < -0.3 is 9.84 Å². The summed E-state index contributed by atoms with van der Waals surface area (Å²) in [5.41, 5.74) is 3.10. The molecule has 30 heavy (non-hydrogen) atoms. The highest BCUT2D eigenvalue weighted by Gasteiger charge is 2.48. The van der Waals surface area contributed by atoms with Crippen molar-refractivity contribution in [2.24, 2.45) is 0 Å². The second-order valence-corrected chi connectivity index (χ2v) is 7.47. The number of rotatable bonds is 4. The van der Waals surface area contributed by atoms with Crippen LogP contribution in [0.3, 0.4) is 0 Å². The molecule has 1 aliphatic carbocycles. The molecule has 9 heteroatoms. The molecule has 7 nitrogen and oxygen atoms in total. The molecule has 1 N–H and O–H groups in total. The number of pyridine rings is 1. The van der Waals surface area contributed by atoms with Crippen LogP contribution < -0.4 is 5.32 Å². The minimum atomic E-state index is -2.65. The van der Waals surface area contributed by atoms with Crippen molar-refractivity contribution in [2.45, 2.75) is 31.6 Å². The Morgan fingerprint density at radius 2 is 2.10 bits per heavy atom. The van der Waals surface area contributed by atoms with Crippen LogP contribution >= 0.6 is 0 Å². The topological polar surface area (TPSA) is 85.3 Å². The summed E-state index contributed by atoms with van der Waals surface area (Å²) < 4.78 is 33.2.